The number of rotatable bonds is 5. The highest BCUT2D eigenvalue weighted by Crippen LogP contribution is 2.28. The van der Waals surface area contributed by atoms with Crippen LogP contribution in [-0.4, -0.2) is 32.1 Å². The lowest BCUT2D eigenvalue weighted by Gasteiger charge is -2.11. The highest BCUT2D eigenvalue weighted by atomic mass is 16.5. The zero-order chi connectivity index (χ0) is 13.9. The Morgan fingerprint density at radius 3 is 2.80 bits per heavy atom. The molecule has 0 aliphatic heterocycles. The molecular weight excluding hydrogens is 250 g/mol. The van der Waals surface area contributed by atoms with Crippen LogP contribution in [0.2, 0.25) is 0 Å². The minimum absolute atomic E-state index is 0.748. The van der Waals surface area contributed by atoms with E-state index in [2.05, 4.69) is 37.2 Å². The quantitative estimate of drug-likeness (QED) is 0.657. The number of nitrogens with zero attached hydrogens (tertiary/aromatic N) is 1. The second kappa shape index (κ2) is 5.55. The fourth-order valence-electron chi connectivity index (χ4n) is 2.42. The Balaban J connectivity index is 1.78. The van der Waals surface area contributed by atoms with Crippen LogP contribution in [0.3, 0.4) is 0 Å². The van der Waals surface area contributed by atoms with Crippen molar-refractivity contribution in [2.75, 3.05) is 27.2 Å². The molecule has 0 saturated heterocycles. The molecule has 1 aromatic heterocycles. The number of benzene rings is 2. The van der Waals surface area contributed by atoms with Crippen molar-refractivity contribution < 1.29 is 9.15 Å². The normalized spacial score (nSPS) is 11.6. The molecule has 0 N–H and O–H groups in total. The van der Waals surface area contributed by atoms with Gasteiger partial charge in [0, 0.05) is 11.9 Å². The second-order valence-corrected chi connectivity index (χ2v) is 5.29. The molecule has 0 atom stereocenters. The molecule has 0 fully saturated rings. The number of hydrogen-bond acceptors (Lipinski definition) is 3. The smallest absolute Gasteiger partial charge is 0.134 e. The van der Waals surface area contributed by atoms with Crippen LogP contribution in [0, 0.1) is 0 Å². The third-order valence-corrected chi connectivity index (χ3v) is 3.44. The Kier molecular flexibility index (Phi) is 3.61. The van der Waals surface area contributed by atoms with E-state index in [1.165, 1.54) is 10.8 Å². The molecule has 0 bridgehead atoms. The van der Waals surface area contributed by atoms with Crippen molar-refractivity contribution in [3.8, 4) is 5.75 Å². The first kappa shape index (κ1) is 13.0. The van der Waals surface area contributed by atoms with Crippen molar-refractivity contribution in [3.63, 3.8) is 0 Å². The molecule has 104 valence electrons. The van der Waals surface area contributed by atoms with E-state index in [9.17, 15) is 0 Å². The molecule has 3 nitrogen and oxygen atoms in total. The van der Waals surface area contributed by atoms with Gasteiger partial charge in [0.05, 0.1) is 12.9 Å². The Bertz CT molecular complexity index is 715. The van der Waals surface area contributed by atoms with E-state index < -0.39 is 0 Å². The van der Waals surface area contributed by atoms with Gasteiger partial charge in [0.2, 0.25) is 0 Å². The molecule has 0 aliphatic carbocycles. The third-order valence-electron chi connectivity index (χ3n) is 3.44. The van der Waals surface area contributed by atoms with Crippen LogP contribution in [-0.2, 0) is 0 Å². The van der Waals surface area contributed by atoms with Gasteiger partial charge in [-0.25, -0.2) is 0 Å². The zero-order valence-corrected chi connectivity index (χ0v) is 11.9. The molecule has 20 heavy (non-hydrogen) atoms. The van der Waals surface area contributed by atoms with E-state index >= 15 is 0 Å². The van der Waals surface area contributed by atoms with E-state index in [1.54, 1.807) is 6.26 Å². The Morgan fingerprint density at radius 1 is 1.05 bits per heavy atom. The molecule has 0 aliphatic rings. The van der Waals surface area contributed by atoms with Gasteiger partial charge in [-0.05, 0) is 61.6 Å². The number of ether oxygens (including phenoxy) is 1. The van der Waals surface area contributed by atoms with Crippen molar-refractivity contribution in [3.05, 3.63) is 42.7 Å². The highest BCUT2D eigenvalue weighted by Gasteiger charge is 2.04. The zero-order valence-electron chi connectivity index (χ0n) is 11.9. The van der Waals surface area contributed by atoms with Crippen LogP contribution in [0.4, 0.5) is 0 Å². The lowest BCUT2D eigenvalue weighted by Crippen LogP contribution is -2.15. The molecule has 0 unspecified atom stereocenters. The molecule has 1 heterocycles. The van der Waals surface area contributed by atoms with Gasteiger partial charge in [-0.15, -0.1) is 0 Å². The summed E-state index contributed by atoms with van der Waals surface area (Å²) in [4.78, 5) is 2.17. The fourth-order valence-corrected chi connectivity index (χ4v) is 2.42. The van der Waals surface area contributed by atoms with Gasteiger partial charge in [0.25, 0.3) is 0 Å². The molecule has 2 aromatic carbocycles. The molecule has 0 saturated carbocycles. The maximum Gasteiger partial charge on any atom is 0.134 e. The summed E-state index contributed by atoms with van der Waals surface area (Å²) in [6.07, 6.45) is 2.77. The van der Waals surface area contributed by atoms with Gasteiger partial charge in [0.1, 0.15) is 11.3 Å². The molecular formula is C17H19NO2. The molecule has 0 spiro atoms. The van der Waals surface area contributed by atoms with Crippen LogP contribution in [0.1, 0.15) is 6.42 Å². The maximum atomic E-state index is 5.81. The van der Waals surface area contributed by atoms with Gasteiger partial charge >= 0.3 is 0 Å². The largest absolute Gasteiger partial charge is 0.494 e. The van der Waals surface area contributed by atoms with Gasteiger partial charge in [0.15, 0.2) is 0 Å². The summed E-state index contributed by atoms with van der Waals surface area (Å²) in [6.45, 7) is 1.79. The maximum absolute atomic E-state index is 5.81. The van der Waals surface area contributed by atoms with Gasteiger partial charge in [-0.3, -0.25) is 0 Å². The van der Waals surface area contributed by atoms with Crippen molar-refractivity contribution >= 4 is 21.7 Å². The molecule has 3 heteroatoms. The van der Waals surface area contributed by atoms with Gasteiger partial charge < -0.3 is 14.1 Å². The Morgan fingerprint density at radius 2 is 1.95 bits per heavy atom. The first-order valence-corrected chi connectivity index (χ1v) is 6.91. The van der Waals surface area contributed by atoms with Crippen LogP contribution < -0.4 is 4.74 Å². The summed E-state index contributed by atoms with van der Waals surface area (Å²) >= 11 is 0. The first-order valence-electron chi connectivity index (χ1n) is 6.91. The summed E-state index contributed by atoms with van der Waals surface area (Å²) in [5.41, 5.74) is 0.928. The monoisotopic (exact) mass is 269 g/mol. The lowest BCUT2D eigenvalue weighted by molar-refractivity contribution is 0.282. The van der Waals surface area contributed by atoms with Crippen molar-refractivity contribution in [1.82, 2.24) is 4.90 Å². The molecule has 0 amide bonds. The Hall–Kier alpha value is -2.00. The third kappa shape index (κ3) is 2.63. The van der Waals surface area contributed by atoms with Crippen LogP contribution >= 0.6 is 0 Å². The van der Waals surface area contributed by atoms with Crippen LogP contribution in [0.15, 0.2) is 47.1 Å². The van der Waals surface area contributed by atoms with Crippen molar-refractivity contribution in [2.45, 2.75) is 6.42 Å². The predicted octanol–water partition coefficient (Wildman–Crippen LogP) is 3.92. The summed E-state index contributed by atoms with van der Waals surface area (Å²) in [6, 6.07) is 12.3. The minimum Gasteiger partial charge on any atom is -0.494 e. The topological polar surface area (TPSA) is 25.6 Å². The van der Waals surface area contributed by atoms with Crippen molar-refractivity contribution in [1.29, 1.82) is 0 Å². The molecule has 3 rings (SSSR count). The summed E-state index contributed by atoms with van der Waals surface area (Å²) in [5.74, 6) is 0.930. The number of fused-ring (bicyclic) bond motifs is 3. The average Bonchev–Trinajstić information content (AvgIpc) is 2.92. The standard InChI is InChI=1S/C17H19NO2/c1-18(2)9-3-10-19-14-5-6-15-13(12-14)4-7-17-16(15)8-11-20-17/h4-8,11-12H,3,9-10H2,1-2H3. The van der Waals surface area contributed by atoms with Gasteiger partial charge in [-0.1, -0.05) is 6.07 Å². The van der Waals surface area contributed by atoms with Crippen LogP contribution in [0.5, 0.6) is 5.75 Å². The SMILES string of the molecule is CN(C)CCCOc1ccc2c(ccc3occc32)c1. The van der Waals surface area contributed by atoms with Gasteiger partial charge in [-0.2, -0.15) is 0 Å². The Labute approximate surface area is 118 Å². The first-order chi connectivity index (χ1) is 9.74. The number of hydrogen-bond donors (Lipinski definition) is 0. The van der Waals surface area contributed by atoms with E-state index in [-0.39, 0.29) is 0 Å². The predicted molar refractivity (Wildman–Crippen MR) is 82.4 cm³/mol. The number of furan rings is 1. The average molecular weight is 269 g/mol. The molecule has 3 aromatic rings. The summed E-state index contributed by atoms with van der Waals surface area (Å²) in [7, 11) is 4.15. The van der Waals surface area contributed by atoms with E-state index in [0.29, 0.717) is 0 Å². The van der Waals surface area contributed by atoms with Crippen molar-refractivity contribution in [2.24, 2.45) is 0 Å². The summed E-state index contributed by atoms with van der Waals surface area (Å²) in [5, 5.41) is 3.54. The second-order valence-electron chi connectivity index (χ2n) is 5.29. The minimum atomic E-state index is 0.748. The lowest BCUT2D eigenvalue weighted by atomic mass is 10.1. The highest BCUT2D eigenvalue weighted by molar-refractivity contribution is 6.05. The molecule has 0 radical (unpaired) electrons. The van der Waals surface area contributed by atoms with E-state index in [4.69, 9.17) is 9.15 Å². The van der Waals surface area contributed by atoms with E-state index in [0.717, 1.165) is 36.3 Å². The summed E-state index contributed by atoms with van der Waals surface area (Å²) < 4.78 is 11.2. The van der Waals surface area contributed by atoms with Crippen LogP contribution in [0.25, 0.3) is 21.7 Å². The van der Waals surface area contributed by atoms with E-state index in [1.807, 2.05) is 18.2 Å². The fraction of sp³-hybridized carbons (Fsp3) is 0.294.